The van der Waals surface area contributed by atoms with E-state index in [-0.39, 0.29) is 59.0 Å². The molecule has 0 bridgehead atoms. The van der Waals surface area contributed by atoms with E-state index in [1.807, 2.05) is 13.8 Å². The van der Waals surface area contributed by atoms with Crippen LogP contribution in [0.25, 0.3) is 0 Å². The van der Waals surface area contributed by atoms with E-state index >= 15 is 0 Å². The summed E-state index contributed by atoms with van der Waals surface area (Å²) in [6.45, 7) is 7.31. The predicted molar refractivity (Wildman–Crippen MR) is 118 cm³/mol. The average molecular weight is 521 g/mol. The molecule has 184 valence electrons. The number of rotatable bonds is 6. The van der Waals surface area contributed by atoms with Gasteiger partial charge in [-0.3, -0.25) is 19.2 Å². The summed E-state index contributed by atoms with van der Waals surface area (Å²) in [4.78, 5) is 41.4. The van der Waals surface area contributed by atoms with Crippen LogP contribution >= 0.6 is 15.9 Å². The molecule has 2 rings (SSSR count). The summed E-state index contributed by atoms with van der Waals surface area (Å²) in [7, 11) is 4.23. The van der Waals surface area contributed by atoms with Gasteiger partial charge in [0.25, 0.3) is 0 Å². The Hall–Kier alpha value is -1.08. The molecule has 0 aliphatic heterocycles. The minimum absolute atomic E-state index is 0. The van der Waals surface area contributed by atoms with Crippen molar-refractivity contribution in [1.82, 2.24) is 0 Å². The molecule has 0 spiro atoms. The van der Waals surface area contributed by atoms with Crippen molar-refractivity contribution >= 4 is 39.8 Å². The standard InChI is InChI=1S/C6H11BrO2.C6H10O2.C5H8O2.C4H8O2.Li.H2O/c1-5(3-4-7)6(8)9-2;1-6(3-4-6)5(7)8-2;1-5(2-3-5)4(6)7;1-3-4(5)6-2;;/h5H,3-4H2,1-2H3;3-4H2,1-2H3;2-3H2,1H3,(H,6,7);3H2,1-2H3;;1H2/q;;;;+1;/p-1. The second-order valence-corrected chi connectivity index (χ2v) is 8.54. The van der Waals surface area contributed by atoms with Gasteiger partial charge in [0.05, 0.1) is 38.1 Å². The predicted octanol–water partition coefficient (Wildman–Crippen LogP) is 0.808. The SMILES string of the molecule is CC1(C(=O)O)CC1.CCC(=O)OC.COC(=O)C(C)CCBr.COC(=O)C1(C)CC1.[Li+].[OH-]. The van der Waals surface area contributed by atoms with Crippen LogP contribution in [0.4, 0.5) is 0 Å². The van der Waals surface area contributed by atoms with Crippen molar-refractivity contribution in [2.24, 2.45) is 16.7 Å². The number of carboxylic acids is 1. The molecule has 32 heavy (non-hydrogen) atoms. The van der Waals surface area contributed by atoms with E-state index in [4.69, 9.17) is 5.11 Å². The molecule has 11 heteroatoms. The molecule has 0 aromatic heterocycles. The van der Waals surface area contributed by atoms with Gasteiger partial charge in [-0.15, -0.1) is 0 Å². The maximum Gasteiger partial charge on any atom is 1.00 e. The Morgan fingerprint density at radius 3 is 1.50 bits per heavy atom. The molecule has 2 saturated carbocycles. The van der Waals surface area contributed by atoms with Gasteiger partial charge in [0, 0.05) is 11.8 Å². The summed E-state index contributed by atoms with van der Waals surface area (Å²) >= 11 is 3.24. The second-order valence-electron chi connectivity index (χ2n) is 7.75. The van der Waals surface area contributed by atoms with Crippen LogP contribution in [-0.2, 0) is 33.4 Å². The van der Waals surface area contributed by atoms with Gasteiger partial charge in [-0.2, -0.15) is 0 Å². The fourth-order valence-electron chi connectivity index (χ4n) is 1.67. The molecule has 2 aliphatic carbocycles. The van der Waals surface area contributed by atoms with Crippen molar-refractivity contribution in [1.29, 1.82) is 0 Å². The van der Waals surface area contributed by atoms with Gasteiger partial charge in [-0.25, -0.2) is 0 Å². The molecule has 9 nitrogen and oxygen atoms in total. The Morgan fingerprint density at radius 1 is 0.938 bits per heavy atom. The molecule has 0 saturated heterocycles. The second kappa shape index (κ2) is 19.4. The molecule has 0 aromatic carbocycles. The van der Waals surface area contributed by atoms with Gasteiger partial charge in [0.2, 0.25) is 0 Å². The van der Waals surface area contributed by atoms with Crippen molar-refractivity contribution in [2.75, 3.05) is 26.7 Å². The van der Waals surface area contributed by atoms with Crippen LogP contribution in [0.15, 0.2) is 0 Å². The number of ether oxygens (including phenoxy) is 3. The van der Waals surface area contributed by atoms with Crippen LogP contribution in [0.1, 0.15) is 66.2 Å². The number of alkyl halides is 1. The van der Waals surface area contributed by atoms with Crippen molar-refractivity contribution < 1.29 is 62.8 Å². The molecule has 0 radical (unpaired) electrons. The third kappa shape index (κ3) is 17.5. The first kappa shape index (κ1) is 38.2. The Kier molecular flexibility index (Phi) is 23.1. The number of carbonyl (C=O) groups excluding carboxylic acids is 3. The summed E-state index contributed by atoms with van der Waals surface area (Å²) in [6.07, 6.45) is 5.03. The number of halogens is 1. The summed E-state index contributed by atoms with van der Waals surface area (Å²) in [5.41, 5.74) is -0.436. The van der Waals surface area contributed by atoms with Crippen LogP contribution in [0.2, 0.25) is 0 Å². The fraction of sp³-hybridized carbons (Fsp3) is 0.810. The summed E-state index contributed by atoms with van der Waals surface area (Å²) in [5, 5.41) is 9.16. The Bertz CT molecular complexity index is 555. The van der Waals surface area contributed by atoms with Gasteiger partial charge in [-0.1, -0.05) is 29.8 Å². The number of aliphatic carboxylic acids is 1. The van der Waals surface area contributed by atoms with Gasteiger partial charge in [-0.05, 0) is 46.0 Å². The zero-order chi connectivity index (χ0) is 24.0. The first-order chi connectivity index (χ1) is 13.9. The summed E-state index contributed by atoms with van der Waals surface area (Å²) in [5.74, 6) is -0.969. The van der Waals surface area contributed by atoms with Crippen LogP contribution in [0.5, 0.6) is 0 Å². The van der Waals surface area contributed by atoms with Crippen LogP contribution < -0.4 is 18.9 Å². The quantitative estimate of drug-likeness (QED) is 0.232. The Balaban J connectivity index is -0.000000161. The van der Waals surface area contributed by atoms with Gasteiger partial charge in [0.15, 0.2) is 0 Å². The van der Waals surface area contributed by atoms with Crippen molar-refractivity contribution in [2.45, 2.75) is 66.2 Å². The zero-order valence-electron chi connectivity index (χ0n) is 20.7. The minimum atomic E-state index is -0.646. The number of hydrogen-bond donors (Lipinski definition) is 1. The van der Waals surface area contributed by atoms with E-state index in [1.165, 1.54) is 21.3 Å². The fourth-order valence-corrected chi connectivity index (χ4v) is 2.35. The summed E-state index contributed by atoms with van der Waals surface area (Å²) in [6, 6.07) is 0. The van der Waals surface area contributed by atoms with Crippen LogP contribution in [-0.4, -0.2) is 61.1 Å². The van der Waals surface area contributed by atoms with Crippen molar-refractivity contribution in [3.8, 4) is 0 Å². The molecule has 1 atom stereocenters. The van der Waals surface area contributed by atoms with Crippen LogP contribution in [0, 0.1) is 16.7 Å². The first-order valence-electron chi connectivity index (χ1n) is 9.89. The topological polar surface area (TPSA) is 146 Å². The average Bonchev–Trinajstić information content (AvgIpc) is 3.66. The smallest absolute Gasteiger partial charge is 0.870 e. The molecular weight excluding hydrogens is 483 g/mol. The molecule has 2 N–H and O–H groups in total. The zero-order valence-corrected chi connectivity index (χ0v) is 22.2. The summed E-state index contributed by atoms with van der Waals surface area (Å²) < 4.78 is 13.3. The monoisotopic (exact) mass is 520 g/mol. The maximum absolute atomic E-state index is 10.7. The molecular formula is C21H38BrLiO9. The van der Waals surface area contributed by atoms with E-state index in [2.05, 4.69) is 30.1 Å². The van der Waals surface area contributed by atoms with E-state index in [9.17, 15) is 19.2 Å². The van der Waals surface area contributed by atoms with E-state index < -0.39 is 5.97 Å². The largest absolute Gasteiger partial charge is 1.00 e. The van der Waals surface area contributed by atoms with E-state index in [0.29, 0.717) is 6.42 Å². The van der Waals surface area contributed by atoms with E-state index in [0.717, 1.165) is 37.4 Å². The number of methoxy groups -OCH3 is 3. The number of carboxylic acid groups (broad SMARTS) is 1. The molecule has 1 unspecified atom stereocenters. The molecule has 2 aliphatic rings. The molecule has 0 aromatic rings. The van der Waals surface area contributed by atoms with Gasteiger partial charge < -0.3 is 24.8 Å². The molecule has 0 amide bonds. The number of esters is 3. The number of carbonyl (C=O) groups is 4. The maximum atomic E-state index is 10.7. The van der Waals surface area contributed by atoms with Gasteiger partial charge >= 0.3 is 42.7 Å². The first-order valence-corrected chi connectivity index (χ1v) is 11.0. The van der Waals surface area contributed by atoms with Crippen LogP contribution in [0.3, 0.4) is 0 Å². The number of hydrogen-bond acceptors (Lipinski definition) is 8. The third-order valence-corrected chi connectivity index (χ3v) is 5.31. The third-order valence-electron chi connectivity index (χ3n) is 4.86. The normalized spacial score (nSPS) is 15.9. The minimum Gasteiger partial charge on any atom is -0.870 e. The van der Waals surface area contributed by atoms with Gasteiger partial charge in [0.1, 0.15) is 0 Å². The Labute approximate surface area is 211 Å². The van der Waals surface area contributed by atoms with Crippen molar-refractivity contribution in [3.63, 3.8) is 0 Å². The molecule has 0 heterocycles. The Morgan fingerprint density at radius 2 is 1.38 bits per heavy atom. The van der Waals surface area contributed by atoms with E-state index in [1.54, 1.807) is 13.8 Å². The molecule has 2 fully saturated rings. The van der Waals surface area contributed by atoms with Crippen molar-refractivity contribution in [3.05, 3.63) is 0 Å².